The van der Waals surface area contributed by atoms with Gasteiger partial charge in [0.05, 0.1) is 49.1 Å². The van der Waals surface area contributed by atoms with Gasteiger partial charge in [0, 0.05) is 45.6 Å². The highest BCUT2D eigenvalue weighted by Gasteiger charge is 2.17. The zero-order valence-electron chi connectivity index (χ0n) is 42.3. The van der Waals surface area contributed by atoms with Crippen molar-refractivity contribution in [3.63, 3.8) is 0 Å². The minimum Gasteiger partial charge on any atom is -0.390 e. The lowest BCUT2D eigenvalue weighted by Crippen LogP contribution is -2.30. The van der Waals surface area contributed by atoms with E-state index >= 15 is 0 Å². The molecule has 8 rings (SSSR count). The molecule has 10 heteroatoms. The lowest BCUT2D eigenvalue weighted by Gasteiger charge is -2.26. The van der Waals surface area contributed by atoms with Gasteiger partial charge in [-0.15, -0.1) is 0 Å². The average molecular weight is 1000 g/mol. The van der Waals surface area contributed by atoms with E-state index in [1.54, 1.807) is 23.5 Å². The molecule has 0 radical (unpaired) electrons. The van der Waals surface area contributed by atoms with E-state index in [1.165, 1.54) is 22.3 Å². The van der Waals surface area contributed by atoms with Crippen LogP contribution in [0.2, 0.25) is 0 Å². The molecule has 8 aromatic rings. The highest BCUT2D eigenvalue weighted by Crippen LogP contribution is 2.36. The fourth-order valence-corrected chi connectivity index (χ4v) is 10.2. The summed E-state index contributed by atoms with van der Waals surface area (Å²) in [6.45, 7) is 9.16. The predicted molar refractivity (Wildman–Crippen MR) is 315 cm³/mol. The van der Waals surface area contributed by atoms with Crippen LogP contribution in [0.25, 0.3) is 0 Å². The third-order valence-electron chi connectivity index (χ3n) is 12.2. The van der Waals surface area contributed by atoms with E-state index in [0.29, 0.717) is 24.6 Å². The second-order valence-electron chi connectivity index (χ2n) is 18.3. The van der Waals surface area contributed by atoms with Gasteiger partial charge in [-0.05, 0) is 154 Å². The Hall–Kier alpha value is -7.08. The third-order valence-corrected chi connectivity index (χ3v) is 14.6. The summed E-state index contributed by atoms with van der Waals surface area (Å²) in [4.78, 5) is 4.52. The molecule has 0 heterocycles. The SMILES string of the molecule is Cc1ccc(N(c2ccc(C)cc2)c2ccc(C=NN(CC(O)CSCCCSCC(O)CN(N=Cc3ccc(N(c4ccc(C)cc4)c4ccc(C)cc4)cc3)c3ccccc3)c3ccccc3)cc2)cc1. The van der Waals surface area contributed by atoms with Crippen molar-refractivity contribution in [1.29, 1.82) is 0 Å². The van der Waals surface area contributed by atoms with Gasteiger partial charge in [-0.25, -0.2) is 0 Å². The maximum atomic E-state index is 11.2. The molecule has 372 valence electrons. The minimum atomic E-state index is -0.578. The first-order valence-electron chi connectivity index (χ1n) is 25.0. The maximum Gasteiger partial charge on any atom is 0.0826 e. The highest BCUT2D eigenvalue weighted by atomic mass is 32.2. The van der Waals surface area contributed by atoms with E-state index in [2.05, 4.69) is 183 Å². The number of hydrogen-bond donors (Lipinski definition) is 2. The van der Waals surface area contributed by atoms with Crippen molar-refractivity contribution in [3.05, 3.63) is 240 Å². The van der Waals surface area contributed by atoms with Crippen LogP contribution in [0, 0.1) is 27.7 Å². The maximum absolute atomic E-state index is 11.2. The fraction of sp³-hybridized carbons (Fsp3) is 0.206. The summed E-state index contributed by atoms with van der Waals surface area (Å²) in [5.41, 5.74) is 15.2. The van der Waals surface area contributed by atoms with E-state index in [4.69, 9.17) is 10.2 Å². The van der Waals surface area contributed by atoms with E-state index in [0.717, 1.165) is 74.6 Å². The van der Waals surface area contributed by atoms with Crippen molar-refractivity contribution >= 4 is 81.5 Å². The zero-order valence-corrected chi connectivity index (χ0v) is 43.9. The topological polar surface area (TPSA) is 78.1 Å². The number of hydrazone groups is 2. The summed E-state index contributed by atoms with van der Waals surface area (Å²) >= 11 is 3.50. The zero-order chi connectivity index (χ0) is 50.8. The van der Waals surface area contributed by atoms with Crippen LogP contribution in [0.1, 0.15) is 39.8 Å². The Balaban J connectivity index is 0.804. The Bertz CT molecular complexity index is 2640. The standard InChI is InChI=1S/C63H66N6O2S2/c1-48-16-28-56(29-17-48)68(57-30-18-49(2)19-31-57)60-36-24-52(25-37-60)42-64-66(54-12-7-5-8-13-54)44-62(70)46-72-40-11-41-73-47-63(71)45-67(55-14-9-6-10-15-55)65-43-53-26-38-61(39-27-53)69(58-32-20-50(3)21-33-58)59-34-22-51(4)23-35-59/h5-10,12-39,42-43,62-63,70-71H,11,40-41,44-47H2,1-4H3. The molecular weight excluding hydrogens is 937 g/mol. The quantitative estimate of drug-likeness (QED) is 0.0352. The van der Waals surface area contributed by atoms with Crippen LogP contribution in [0.5, 0.6) is 0 Å². The summed E-state index contributed by atoms with van der Waals surface area (Å²) in [6.07, 6.45) is 3.54. The highest BCUT2D eigenvalue weighted by molar-refractivity contribution is 8.00. The van der Waals surface area contributed by atoms with Gasteiger partial charge in [0.1, 0.15) is 0 Å². The number of hydrogen-bond acceptors (Lipinski definition) is 10. The number of thioether (sulfide) groups is 2. The normalized spacial score (nSPS) is 12.2. The molecule has 2 N–H and O–H groups in total. The molecule has 0 aromatic heterocycles. The predicted octanol–water partition coefficient (Wildman–Crippen LogP) is 14.8. The van der Waals surface area contributed by atoms with Gasteiger partial charge in [-0.3, -0.25) is 10.0 Å². The average Bonchev–Trinajstić information content (AvgIpc) is 3.42. The molecule has 2 unspecified atom stereocenters. The molecule has 0 bridgehead atoms. The second-order valence-corrected chi connectivity index (χ2v) is 20.6. The molecule has 0 aliphatic rings. The van der Waals surface area contributed by atoms with Crippen LogP contribution in [0.4, 0.5) is 45.5 Å². The van der Waals surface area contributed by atoms with Gasteiger partial charge in [0.25, 0.3) is 0 Å². The van der Waals surface area contributed by atoms with Crippen LogP contribution in [-0.2, 0) is 0 Å². The fourth-order valence-electron chi connectivity index (χ4n) is 8.21. The third kappa shape index (κ3) is 15.5. The first-order valence-corrected chi connectivity index (χ1v) is 27.3. The van der Waals surface area contributed by atoms with E-state index in [-0.39, 0.29) is 0 Å². The van der Waals surface area contributed by atoms with Crippen molar-refractivity contribution in [3.8, 4) is 0 Å². The monoisotopic (exact) mass is 1000 g/mol. The molecule has 8 aromatic carbocycles. The molecule has 0 fully saturated rings. The largest absolute Gasteiger partial charge is 0.390 e. The molecule has 0 saturated heterocycles. The summed E-state index contributed by atoms with van der Waals surface area (Å²) in [6, 6.07) is 71.3. The molecule has 0 spiro atoms. The molecule has 0 aliphatic carbocycles. The summed E-state index contributed by atoms with van der Waals surface area (Å²) < 4.78 is 0. The van der Waals surface area contributed by atoms with Gasteiger partial charge in [0.2, 0.25) is 0 Å². The smallest absolute Gasteiger partial charge is 0.0826 e. The van der Waals surface area contributed by atoms with Crippen molar-refractivity contribution in [2.24, 2.45) is 10.2 Å². The Morgan fingerprint density at radius 3 is 0.932 bits per heavy atom. The summed E-state index contributed by atoms with van der Waals surface area (Å²) in [7, 11) is 0. The molecular formula is C63H66N6O2S2. The number of aryl methyl sites for hydroxylation is 4. The first-order chi connectivity index (χ1) is 35.6. The van der Waals surface area contributed by atoms with E-state index < -0.39 is 12.2 Å². The van der Waals surface area contributed by atoms with E-state index in [9.17, 15) is 10.2 Å². The molecule has 73 heavy (non-hydrogen) atoms. The van der Waals surface area contributed by atoms with Gasteiger partial charge >= 0.3 is 0 Å². The van der Waals surface area contributed by atoms with Crippen molar-refractivity contribution in [1.82, 2.24) is 0 Å². The number of benzene rings is 8. The lowest BCUT2D eigenvalue weighted by atomic mass is 10.1. The van der Waals surface area contributed by atoms with Crippen LogP contribution in [0.15, 0.2) is 216 Å². The van der Waals surface area contributed by atoms with Gasteiger partial charge in [-0.2, -0.15) is 33.7 Å². The van der Waals surface area contributed by atoms with Gasteiger partial charge < -0.3 is 20.0 Å². The van der Waals surface area contributed by atoms with Gasteiger partial charge in [-0.1, -0.05) is 131 Å². The second kappa shape index (κ2) is 26.6. The van der Waals surface area contributed by atoms with E-state index in [1.807, 2.05) is 83.1 Å². The number of nitrogens with zero attached hydrogens (tertiary/aromatic N) is 6. The van der Waals surface area contributed by atoms with Crippen LogP contribution < -0.4 is 19.8 Å². The summed E-state index contributed by atoms with van der Waals surface area (Å²) in [5, 5.41) is 36.0. The van der Waals surface area contributed by atoms with Crippen LogP contribution >= 0.6 is 23.5 Å². The van der Waals surface area contributed by atoms with Gasteiger partial charge in [0.15, 0.2) is 0 Å². The molecule has 0 saturated carbocycles. The van der Waals surface area contributed by atoms with Crippen LogP contribution in [0.3, 0.4) is 0 Å². The minimum absolute atomic E-state index is 0.369. The molecule has 8 nitrogen and oxygen atoms in total. The van der Waals surface area contributed by atoms with Crippen molar-refractivity contribution < 1.29 is 10.2 Å². The molecule has 2 atom stereocenters. The number of anilines is 8. The first kappa shape index (κ1) is 52.2. The number of aliphatic hydroxyl groups excluding tert-OH is 2. The van der Waals surface area contributed by atoms with Crippen LogP contribution in [-0.4, -0.2) is 71.0 Å². The summed E-state index contributed by atoms with van der Waals surface area (Å²) in [5.74, 6) is 3.02. The number of para-hydroxylation sites is 2. The number of rotatable bonds is 24. The Labute approximate surface area is 441 Å². The van der Waals surface area contributed by atoms with Crippen molar-refractivity contribution in [2.75, 3.05) is 55.9 Å². The molecule has 0 aliphatic heterocycles. The Morgan fingerprint density at radius 2 is 0.644 bits per heavy atom. The lowest BCUT2D eigenvalue weighted by molar-refractivity contribution is 0.204. The molecule has 0 amide bonds. The Morgan fingerprint density at radius 1 is 0.370 bits per heavy atom. The number of aliphatic hydroxyl groups is 2. The Kier molecular flexibility index (Phi) is 19.0. The van der Waals surface area contributed by atoms with Crippen molar-refractivity contribution in [2.45, 2.75) is 46.3 Å².